The molecule has 0 saturated carbocycles. The van der Waals surface area contributed by atoms with E-state index < -0.39 is 28.7 Å². The molecule has 0 spiro atoms. The number of carbonyl (C=O) groups is 3. The van der Waals surface area contributed by atoms with Crippen molar-refractivity contribution in [3.8, 4) is 0 Å². The summed E-state index contributed by atoms with van der Waals surface area (Å²) in [6.07, 6.45) is 0.627. The first-order valence-corrected chi connectivity index (χ1v) is 9.31. The number of nitro groups is 1. The van der Waals surface area contributed by atoms with Crippen LogP contribution >= 0.6 is 0 Å². The van der Waals surface area contributed by atoms with Crippen molar-refractivity contribution in [2.24, 2.45) is 0 Å². The van der Waals surface area contributed by atoms with Gasteiger partial charge in [-0.05, 0) is 26.0 Å². The summed E-state index contributed by atoms with van der Waals surface area (Å²) in [7, 11) is 0. The van der Waals surface area contributed by atoms with Gasteiger partial charge in [-0.15, -0.1) is 0 Å². The molecule has 0 aliphatic carbocycles. The van der Waals surface area contributed by atoms with Crippen LogP contribution in [0.15, 0.2) is 47.1 Å². The Kier molecular flexibility index (Phi) is 8.09. The van der Waals surface area contributed by atoms with E-state index in [9.17, 15) is 24.5 Å². The highest BCUT2D eigenvalue weighted by molar-refractivity contribution is 5.91. The summed E-state index contributed by atoms with van der Waals surface area (Å²) in [6, 6.07) is 7.95. The van der Waals surface area contributed by atoms with Gasteiger partial charge >= 0.3 is 5.97 Å². The first kappa shape index (κ1) is 22.6. The molecule has 0 aliphatic heterocycles. The highest BCUT2D eigenvalue weighted by Gasteiger charge is 2.26. The number of nitrogens with one attached hydrogen (secondary N) is 2. The Labute approximate surface area is 172 Å². The standard InChI is InChI=1S/C20H23N3O7/c1-13(2)30-19(25)12-15(14-6-3-4-7-16(14)23(27)28)22-18(24)9-10-21-20(26)17-8-5-11-29-17/h3-8,11,13,15H,9-10,12H2,1-2H3,(H,21,26)(H,22,24). The highest BCUT2D eigenvalue weighted by Crippen LogP contribution is 2.27. The molecule has 0 radical (unpaired) electrons. The summed E-state index contributed by atoms with van der Waals surface area (Å²) < 4.78 is 10.1. The SMILES string of the molecule is CC(C)OC(=O)CC(NC(=O)CCNC(=O)c1ccco1)c1ccccc1[N+](=O)[O-]. The van der Waals surface area contributed by atoms with Crippen molar-refractivity contribution in [2.75, 3.05) is 6.54 Å². The van der Waals surface area contributed by atoms with Crippen LogP contribution in [0.25, 0.3) is 0 Å². The Morgan fingerprint density at radius 2 is 1.90 bits per heavy atom. The normalized spacial score (nSPS) is 11.6. The molecule has 30 heavy (non-hydrogen) atoms. The third kappa shape index (κ3) is 6.73. The molecule has 10 heteroatoms. The molecule has 10 nitrogen and oxygen atoms in total. The van der Waals surface area contributed by atoms with E-state index in [0.717, 1.165) is 0 Å². The zero-order valence-corrected chi connectivity index (χ0v) is 16.6. The van der Waals surface area contributed by atoms with Crippen molar-refractivity contribution in [2.45, 2.75) is 38.8 Å². The van der Waals surface area contributed by atoms with Crippen LogP contribution in [0, 0.1) is 10.1 Å². The summed E-state index contributed by atoms with van der Waals surface area (Å²) in [5, 5.41) is 16.5. The maximum atomic E-state index is 12.4. The summed E-state index contributed by atoms with van der Waals surface area (Å²) in [4.78, 5) is 47.1. The number of carbonyl (C=O) groups excluding carboxylic acids is 3. The van der Waals surface area contributed by atoms with Crippen LogP contribution in [-0.2, 0) is 14.3 Å². The van der Waals surface area contributed by atoms with Gasteiger partial charge in [0.15, 0.2) is 5.76 Å². The van der Waals surface area contributed by atoms with Crippen LogP contribution in [0.3, 0.4) is 0 Å². The highest BCUT2D eigenvalue weighted by atomic mass is 16.6. The lowest BCUT2D eigenvalue weighted by atomic mass is 10.0. The monoisotopic (exact) mass is 417 g/mol. The topological polar surface area (TPSA) is 141 Å². The maximum Gasteiger partial charge on any atom is 0.308 e. The first-order chi connectivity index (χ1) is 14.3. The van der Waals surface area contributed by atoms with Gasteiger partial charge in [-0.1, -0.05) is 18.2 Å². The molecule has 2 aromatic rings. The van der Waals surface area contributed by atoms with E-state index in [2.05, 4.69) is 10.6 Å². The van der Waals surface area contributed by atoms with E-state index in [4.69, 9.17) is 9.15 Å². The molecule has 0 bridgehead atoms. The molecule has 1 aromatic carbocycles. The molecule has 1 heterocycles. The van der Waals surface area contributed by atoms with Gasteiger partial charge in [0, 0.05) is 19.0 Å². The van der Waals surface area contributed by atoms with E-state index in [0.29, 0.717) is 0 Å². The van der Waals surface area contributed by atoms with Gasteiger partial charge in [0.2, 0.25) is 5.91 Å². The minimum atomic E-state index is -0.953. The second-order valence-corrected chi connectivity index (χ2v) is 6.66. The molecule has 0 aliphatic rings. The molecule has 2 amide bonds. The van der Waals surface area contributed by atoms with E-state index >= 15 is 0 Å². The van der Waals surface area contributed by atoms with Crippen LogP contribution in [0.4, 0.5) is 5.69 Å². The van der Waals surface area contributed by atoms with Crippen molar-refractivity contribution >= 4 is 23.5 Å². The molecule has 2 N–H and O–H groups in total. The zero-order valence-electron chi connectivity index (χ0n) is 16.6. The molecule has 1 atom stereocenters. The summed E-state index contributed by atoms with van der Waals surface area (Å²) in [5.41, 5.74) is -0.0255. The minimum Gasteiger partial charge on any atom is -0.463 e. The number of hydrogen-bond donors (Lipinski definition) is 2. The number of ether oxygens (including phenoxy) is 1. The van der Waals surface area contributed by atoms with Crippen LogP contribution in [0.5, 0.6) is 0 Å². The Bertz CT molecular complexity index is 894. The third-order valence-corrected chi connectivity index (χ3v) is 3.96. The van der Waals surface area contributed by atoms with Crippen molar-refractivity contribution < 1.29 is 28.5 Å². The van der Waals surface area contributed by atoms with Crippen LogP contribution in [0.2, 0.25) is 0 Å². The number of para-hydroxylation sites is 1. The second kappa shape index (κ2) is 10.7. The van der Waals surface area contributed by atoms with Crippen molar-refractivity contribution in [1.82, 2.24) is 10.6 Å². The predicted octanol–water partition coefficient (Wildman–Crippen LogP) is 2.51. The van der Waals surface area contributed by atoms with E-state index in [-0.39, 0.29) is 42.5 Å². The Hall–Kier alpha value is -3.69. The molecule has 160 valence electrons. The van der Waals surface area contributed by atoms with E-state index in [1.807, 2.05) is 0 Å². The third-order valence-electron chi connectivity index (χ3n) is 3.96. The van der Waals surface area contributed by atoms with Crippen LogP contribution < -0.4 is 10.6 Å². The van der Waals surface area contributed by atoms with Crippen molar-refractivity contribution in [3.05, 3.63) is 64.1 Å². The number of nitro benzene ring substituents is 1. The number of benzene rings is 1. The molecular formula is C20H23N3O7. The largest absolute Gasteiger partial charge is 0.463 e. The van der Waals surface area contributed by atoms with Crippen molar-refractivity contribution in [3.63, 3.8) is 0 Å². The van der Waals surface area contributed by atoms with Gasteiger partial charge in [0.1, 0.15) is 0 Å². The molecule has 0 saturated heterocycles. The van der Waals surface area contributed by atoms with Crippen LogP contribution in [0.1, 0.15) is 48.8 Å². The number of amides is 2. The van der Waals surface area contributed by atoms with Gasteiger partial charge in [0.05, 0.1) is 35.3 Å². The van der Waals surface area contributed by atoms with Gasteiger partial charge in [-0.3, -0.25) is 24.5 Å². The lowest BCUT2D eigenvalue weighted by Gasteiger charge is -2.19. The van der Waals surface area contributed by atoms with Crippen molar-refractivity contribution in [1.29, 1.82) is 0 Å². The Morgan fingerprint density at radius 3 is 2.53 bits per heavy atom. The fraction of sp³-hybridized carbons (Fsp3) is 0.350. The molecule has 0 fully saturated rings. The number of hydrogen-bond acceptors (Lipinski definition) is 7. The number of nitrogens with zero attached hydrogens (tertiary/aromatic N) is 1. The fourth-order valence-electron chi connectivity index (χ4n) is 2.72. The van der Waals surface area contributed by atoms with Gasteiger partial charge in [-0.25, -0.2) is 0 Å². The Morgan fingerprint density at radius 1 is 1.17 bits per heavy atom. The molecule has 1 aromatic heterocycles. The fourth-order valence-corrected chi connectivity index (χ4v) is 2.72. The van der Waals surface area contributed by atoms with E-state index in [1.165, 1.54) is 30.5 Å². The summed E-state index contributed by atoms with van der Waals surface area (Å²) >= 11 is 0. The summed E-state index contributed by atoms with van der Waals surface area (Å²) in [6.45, 7) is 3.38. The molecule has 1 unspecified atom stereocenters. The number of rotatable bonds is 10. The minimum absolute atomic E-state index is 0.0193. The summed E-state index contributed by atoms with van der Waals surface area (Å²) in [5.74, 6) is -1.44. The van der Waals surface area contributed by atoms with Gasteiger partial charge < -0.3 is 19.8 Å². The van der Waals surface area contributed by atoms with Crippen LogP contribution in [-0.4, -0.2) is 35.4 Å². The first-order valence-electron chi connectivity index (χ1n) is 9.31. The average Bonchev–Trinajstić information content (AvgIpc) is 3.21. The average molecular weight is 417 g/mol. The maximum absolute atomic E-state index is 12.4. The molecular weight excluding hydrogens is 394 g/mol. The van der Waals surface area contributed by atoms with Gasteiger partial charge in [-0.2, -0.15) is 0 Å². The number of esters is 1. The Balaban J connectivity index is 2.05. The molecule has 2 rings (SSSR count). The second-order valence-electron chi connectivity index (χ2n) is 6.66. The smallest absolute Gasteiger partial charge is 0.308 e. The predicted molar refractivity (Wildman–Crippen MR) is 105 cm³/mol. The quantitative estimate of drug-likeness (QED) is 0.344. The zero-order chi connectivity index (χ0) is 22.1. The number of furan rings is 1. The lowest BCUT2D eigenvalue weighted by Crippen LogP contribution is -2.34. The lowest BCUT2D eigenvalue weighted by molar-refractivity contribution is -0.385. The van der Waals surface area contributed by atoms with Gasteiger partial charge in [0.25, 0.3) is 11.6 Å². The van der Waals surface area contributed by atoms with E-state index in [1.54, 1.807) is 26.0 Å².